The first kappa shape index (κ1) is 11.1. The number of ether oxygens (including phenoxy) is 2. The van der Waals surface area contributed by atoms with Gasteiger partial charge < -0.3 is 9.47 Å². The van der Waals surface area contributed by atoms with E-state index in [1.165, 1.54) is 6.08 Å². The minimum atomic E-state index is -5.47. The third-order valence-electron chi connectivity index (χ3n) is 0.697. The van der Waals surface area contributed by atoms with Gasteiger partial charge in [0.2, 0.25) is 0 Å². The maximum atomic E-state index is 11.8. The Morgan fingerprint density at radius 2 is 2.33 bits per heavy atom. The maximum absolute atomic E-state index is 11.8. The normalized spacial score (nSPS) is 12.4. The Morgan fingerprint density at radius 3 is 2.67 bits per heavy atom. The topological polar surface area (TPSA) is 47.9 Å². The van der Waals surface area contributed by atoms with Crippen LogP contribution >= 0.6 is 7.91 Å². The van der Waals surface area contributed by atoms with Crippen LogP contribution in [0.3, 0.4) is 0 Å². The fourth-order valence-electron chi connectivity index (χ4n) is 0.354. The van der Waals surface area contributed by atoms with Crippen molar-refractivity contribution in [1.29, 1.82) is 0 Å². The highest BCUT2D eigenvalue weighted by Gasteiger charge is 2.20. The molecular weight excluding hydrogens is 191 g/mol. The average Bonchev–Trinajstić information content (AvgIpc) is 1.95. The van der Waals surface area contributed by atoms with Crippen molar-refractivity contribution < 1.29 is 22.4 Å². The molecule has 0 radical (unpaired) electrons. The summed E-state index contributed by atoms with van der Waals surface area (Å²) in [5.41, 5.74) is 0. The summed E-state index contributed by atoms with van der Waals surface area (Å²) in [5, 5.41) is 0. The first-order valence-electron chi connectivity index (χ1n) is 2.87. The molecule has 0 amide bonds. The molecule has 0 aromatic carbocycles. The standard InChI is InChI=1S/C5H8F2NO3P/c1-3-4-11-5(10-2)8-12(6,7)9/h3H,1,4H2,2H3. The highest BCUT2D eigenvalue weighted by molar-refractivity contribution is 7.51. The molecule has 0 saturated carbocycles. The Hall–Kier alpha value is -0.900. The van der Waals surface area contributed by atoms with E-state index in [0.29, 0.717) is 0 Å². The average molecular weight is 199 g/mol. The summed E-state index contributed by atoms with van der Waals surface area (Å²) in [7, 11) is -4.39. The number of rotatable bonds is 3. The molecule has 7 heteroatoms. The molecular formula is C5H8F2NO3P. The molecule has 0 spiro atoms. The molecule has 0 bridgehead atoms. The Balaban J connectivity index is 4.23. The Morgan fingerprint density at radius 1 is 1.75 bits per heavy atom. The van der Waals surface area contributed by atoms with E-state index in [4.69, 9.17) is 0 Å². The summed E-state index contributed by atoms with van der Waals surface area (Å²) in [5.74, 6) is 0. The van der Waals surface area contributed by atoms with Gasteiger partial charge in [0, 0.05) is 0 Å². The van der Waals surface area contributed by atoms with Crippen LogP contribution in [-0.2, 0) is 14.0 Å². The lowest BCUT2D eigenvalue weighted by Crippen LogP contribution is -2.06. The second-order valence-electron chi connectivity index (χ2n) is 1.60. The van der Waals surface area contributed by atoms with Gasteiger partial charge in [0.15, 0.2) is 0 Å². The number of hydrogen-bond acceptors (Lipinski definition) is 3. The zero-order chi connectivity index (χ0) is 9.61. The summed E-state index contributed by atoms with van der Waals surface area (Å²) in [6.45, 7) is 3.24. The maximum Gasteiger partial charge on any atom is 0.535 e. The molecule has 4 nitrogen and oxygen atoms in total. The van der Waals surface area contributed by atoms with Crippen LogP contribution < -0.4 is 0 Å². The van der Waals surface area contributed by atoms with Crippen LogP contribution in [0.2, 0.25) is 0 Å². The zero-order valence-corrected chi connectivity index (χ0v) is 7.26. The molecule has 0 aliphatic carbocycles. The van der Waals surface area contributed by atoms with Crippen molar-refractivity contribution in [3.05, 3.63) is 12.7 Å². The van der Waals surface area contributed by atoms with Gasteiger partial charge in [-0.2, -0.15) is 0 Å². The molecule has 0 atom stereocenters. The van der Waals surface area contributed by atoms with E-state index >= 15 is 0 Å². The van der Waals surface area contributed by atoms with Crippen LogP contribution in [-0.4, -0.2) is 19.8 Å². The third kappa shape index (κ3) is 5.85. The molecule has 0 saturated heterocycles. The summed E-state index contributed by atoms with van der Waals surface area (Å²) < 4.78 is 44.5. The van der Waals surface area contributed by atoms with Crippen LogP contribution in [0.15, 0.2) is 17.4 Å². The first-order valence-corrected chi connectivity index (χ1v) is 4.31. The van der Waals surface area contributed by atoms with E-state index in [9.17, 15) is 13.0 Å². The van der Waals surface area contributed by atoms with Crippen molar-refractivity contribution in [3.63, 3.8) is 0 Å². The molecule has 0 aromatic rings. The smallest absolute Gasteiger partial charge is 0.454 e. The second kappa shape index (κ2) is 4.87. The molecule has 0 aromatic heterocycles. The van der Waals surface area contributed by atoms with Crippen LogP contribution in [0.4, 0.5) is 8.39 Å². The third-order valence-corrected chi connectivity index (χ3v) is 1.09. The van der Waals surface area contributed by atoms with Crippen molar-refractivity contribution in [2.45, 2.75) is 0 Å². The van der Waals surface area contributed by atoms with E-state index in [2.05, 4.69) is 20.8 Å². The van der Waals surface area contributed by atoms with E-state index in [0.717, 1.165) is 7.11 Å². The predicted octanol–water partition coefficient (Wildman–Crippen LogP) is 2.24. The van der Waals surface area contributed by atoms with E-state index in [-0.39, 0.29) is 6.61 Å². The molecule has 0 aliphatic rings. The minimum Gasteiger partial charge on any atom is -0.454 e. The lowest BCUT2D eigenvalue weighted by atomic mass is 10.7. The highest BCUT2D eigenvalue weighted by Crippen LogP contribution is 2.50. The van der Waals surface area contributed by atoms with Crippen molar-refractivity contribution in [2.75, 3.05) is 13.7 Å². The lowest BCUT2D eigenvalue weighted by molar-refractivity contribution is 0.219. The van der Waals surface area contributed by atoms with Crippen LogP contribution in [0.25, 0.3) is 0 Å². The monoisotopic (exact) mass is 199 g/mol. The number of hydrogen-bond donors (Lipinski definition) is 0. The van der Waals surface area contributed by atoms with Gasteiger partial charge in [0.05, 0.1) is 7.11 Å². The van der Waals surface area contributed by atoms with Crippen molar-refractivity contribution >= 4 is 14.0 Å². The molecule has 0 N–H and O–H groups in total. The number of nitrogens with zero attached hydrogens (tertiary/aromatic N) is 1. The van der Waals surface area contributed by atoms with Crippen LogP contribution in [0.5, 0.6) is 0 Å². The fraction of sp³-hybridized carbons (Fsp3) is 0.400. The van der Waals surface area contributed by atoms with Gasteiger partial charge in [-0.25, -0.2) is 4.57 Å². The van der Waals surface area contributed by atoms with Crippen LogP contribution in [0.1, 0.15) is 0 Å². The van der Waals surface area contributed by atoms with Gasteiger partial charge in [0.25, 0.3) is 0 Å². The quantitative estimate of drug-likeness (QED) is 0.303. The van der Waals surface area contributed by atoms with Gasteiger partial charge in [-0.1, -0.05) is 17.4 Å². The first-order chi connectivity index (χ1) is 5.49. The van der Waals surface area contributed by atoms with Crippen LogP contribution in [0, 0.1) is 0 Å². The number of methoxy groups -OCH3 is 1. The van der Waals surface area contributed by atoms with Gasteiger partial charge in [-0.3, -0.25) is 0 Å². The summed E-state index contributed by atoms with van der Waals surface area (Å²) in [6, 6.07) is 0. The van der Waals surface area contributed by atoms with Gasteiger partial charge in [-0.15, -0.1) is 8.39 Å². The molecule has 0 heterocycles. The van der Waals surface area contributed by atoms with Crippen molar-refractivity contribution in [2.24, 2.45) is 4.76 Å². The van der Waals surface area contributed by atoms with Crippen molar-refractivity contribution in [1.82, 2.24) is 0 Å². The molecule has 0 unspecified atom stereocenters. The summed E-state index contributed by atoms with van der Waals surface area (Å²) in [4.78, 5) is 0. The van der Waals surface area contributed by atoms with E-state index in [1.54, 1.807) is 0 Å². The zero-order valence-electron chi connectivity index (χ0n) is 6.37. The van der Waals surface area contributed by atoms with E-state index < -0.39 is 14.0 Å². The van der Waals surface area contributed by atoms with Gasteiger partial charge in [-0.05, 0) is 0 Å². The Kier molecular flexibility index (Phi) is 4.51. The van der Waals surface area contributed by atoms with E-state index in [1.807, 2.05) is 0 Å². The number of halogens is 2. The SMILES string of the molecule is C=CCOC(=NP(=O)(F)F)OC. The largest absolute Gasteiger partial charge is 0.535 e. The minimum absolute atomic E-state index is 0.0350. The van der Waals surface area contributed by atoms with Gasteiger partial charge in [0.1, 0.15) is 6.61 Å². The molecule has 70 valence electrons. The Bertz CT molecular complexity index is 225. The molecule has 0 fully saturated rings. The summed E-state index contributed by atoms with van der Waals surface area (Å²) in [6.07, 6.45) is 0.610. The Labute approximate surface area is 68.6 Å². The van der Waals surface area contributed by atoms with Crippen molar-refractivity contribution in [3.8, 4) is 0 Å². The fourth-order valence-corrected chi connectivity index (χ4v) is 0.683. The molecule has 12 heavy (non-hydrogen) atoms. The predicted molar refractivity (Wildman–Crippen MR) is 40.4 cm³/mol. The second-order valence-corrected chi connectivity index (χ2v) is 2.67. The molecule has 0 rings (SSSR count). The molecule has 0 aliphatic heterocycles. The summed E-state index contributed by atoms with van der Waals surface area (Å²) >= 11 is 0. The highest BCUT2D eigenvalue weighted by atomic mass is 31.2. The lowest BCUT2D eigenvalue weighted by Gasteiger charge is -2.03. The van der Waals surface area contributed by atoms with Gasteiger partial charge >= 0.3 is 14.0 Å².